The summed E-state index contributed by atoms with van der Waals surface area (Å²) in [7, 11) is 4.39. The van der Waals surface area contributed by atoms with E-state index in [9.17, 15) is 24.9 Å². The first-order chi connectivity index (χ1) is 17.8. The molecule has 1 aliphatic rings. The van der Waals surface area contributed by atoms with E-state index in [-0.39, 0.29) is 34.6 Å². The number of rotatable bonds is 5. The molecule has 0 saturated heterocycles. The summed E-state index contributed by atoms with van der Waals surface area (Å²) in [5.41, 5.74) is 0.637. The lowest BCUT2D eigenvalue weighted by Crippen LogP contribution is -2.22. The lowest BCUT2D eigenvalue weighted by Gasteiger charge is -2.28. The molecular formula is C27H22O10. The Bertz CT molecular complexity index is 1620. The van der Waals surface area contributed by atoms with Crippen LogP contribution in [0, 0.1) is 0 Å². The molecule has 2 heterocycles. The van der Waals surface area contributed by atoms with Crippen molar-refractivity contribution in [3.05, 3.63) is 63.8 Å². The molecule has 37 heavy (non-hydrogen) atoms. The van der Waals surface area contributed by atoms with Crippen molar-refractivity contribution in [3.63, 3.8) is 0 Å². The summed E-state index contributed by atoms with van der Waals surface area (Å²) in [5, 5.41) is 30.2. The minimum atomic E-state index is -0.708. The van der Waals surface area contributed by atoms with Crippen LogP contribution >= 0.6 is 0 Å². The van der Waals surface area contributed by atoms with Crippen LogP contribution in [-0.2, 0) is 4.79 Å². The van der Waals surface area contributed by atoms with E-state index in [1.807, 2.05) is 0 Å². The summed E-state index contributed by atoms with van der Waals surface area (Å²) in [6.45, 7) is 0. The van der Waals surface area contributed by atoms with Crippen molar-refractivity contribution in [3.8, 4) is 51.6 Å². The molecule has 4 aromatic rings. The Morgan fingerprint density at radius 1 is 0.838 bits per heavy atom. The number of phenols is 3. The van der Waals surface area contributed by atoms with Crippen LogP contribution in [-0.4, -0.2) is 42.6 Å². The van der Waals surface area contributed by atoms with Gasteiger partial charge in [0.25, 0.3) is 0 Å². The van der Waals surface area contributed by atoms with Crippen molar-refractivity contribution >= 4 is 16.9 Å². The number of esters is 1. The average Bonchev–Trinajstić information content (AvgIpc) is 2.88. The predicted molar refractivity (Wildman–Crippen MR) is 131 cm³/mol. The van der Waals surface area contributed by atoms with Crippen LogP contribution in [0.5, 0.6) is 40.2 Å². The minimum Gasteiger partial charge on any atom is -0.507 e. The van der Waals surface area contributed by atoms with E-state index >= 15 is 0 Å². The van der Waals surface area contributed by atoms with Crippen molar-refractivity contribution in [1.82, 2.24) is 0 Å². The van der Waals surface area contributed by atoms with Crippen molar-refractivity contribution in [1.29, 1.82) is 0 Å². The molecule has 190 valence electrons. The Hall–Kier alpha value is -4.86. The summed E-state index contributed by atoms with van der Waals surface area (Å²) in [6, 6.07) is 9.71. The highest BCUT2D eigenvalue weighted by Crippen LogP contribution is 2.51. The molecule has 0 radical (unpaired) electrons. The molecule has 10 heteroatoms. The van der Waals surface area contributed by atoms with Gasteiger partial charge in [0.15, 0.2) is 28.4 Å². The molecule has 0 amide bonds. The highest BCUT2D eigenvalue weighted by Gasteiger charge is 2.36. The van der Waals surface area contributed by atoms with Gasteiger partial charge in [0.1, 0.15) is 28.2 Å². The van der Waals surface area contributed by atoms with Gasteiger partial charge in [0, 0.05) is 34.7 Å². The van der Waals surface area contributed by atoms with Gasteiger partial charge in [-0.2, -0.15) is 0 Å². The molecule has 3 aromatic carbocycles. The first kappa shape index (κ1) is 23.9. The second-order valence-corrected chi connectivity index (χ2v) is 8.34. The monoisotopic (exact) mass is 506 g/mol. The number of fused-ring (bicyclic) bond motifs is 3. The van der Waals surface area contributed by atoms with Crippen molar-refractivity contribution in [2.45, 2.75) is 12.3 Å². The maximum Gasteiger partial charge on any atom is 0.312 e. The molecule has 1 aliphatic heterocycles. The SMILES string of the molecule is COc1ccc(C2CC(=O)Oc3cc(O)c4c(=O)cc(-c5ccc(O)c(O)c5)oc4c32)c(OC)c1OC. The van der Waals surface area contributed by atoms with Gasteiger partial charge in [-0.25, -0.2) is 0 Å². The predicted octanol–water partition coefficient (Wildman–Crippen LogP) is 4.04. The van der Waals surface area contributed by atoms with E-state index in [4.69, 9.17) is 23.4 Å². The number of benzene rings is 3. The second kappa shape index (κ2) is 8.98. The maximum atomic E-state index is 13.1. The van der Waals surface area contributed by atoms with Gasteiger partial charge in [-0.1, -0.05) is 6.07 Å². The van der Waals surface area contributed by atoms with Gasteiger partial charge in [-0.3, -0.25) is 9.59 Å². The topological polar surface area (TPSA) is 145 Å². The Balaban J connectivity index is 1.83. The van der Waals surface area contributed by atoms with Crippen LogP contribution in [0.4, 0.5) is 0 Å². The third-order valence-electron chi connectivity index (χ3n) is 6.29. The van der Waals surface area contributed by atoms with Gasteiger partial charge in [-0.15, -0.1) is 0 Å². The van der Waals surface area contributed by atoms with Crippen LogP contribution in [0.2, 0.25) is 0 Å². The van der Waals surface area contributed by atoms with E-state index in [2.05, 4.69) is 0 Å². The van der Waals surface area contributed by atoms with E-state index in [0.29, 0.717) is 33.9 Å². The molecular weight excluding hydrogens is 484 g/mol. The number of aromatic hydroxyl groups is 3. The largest absolute Gasteiger partial charge is 0.507 e. The standard InChI is InChI=1S/C27H22O10/c1-33-19-7-5-13(25(34-2)26(19)35-3)14-9-22(32)36-21-11-18(31)24-17(30)10-20(37-27(24)23(14)21)12-4-6-15(28)16(29)8-12/h4-8,10-11,14,28-29,31H,9H2,1-3H3. The van der Waals surface area contributed by atoms with Crippen molar-refractivity contribution in [2.24, 2.45) is 0 Å². The molecule has 1 unspecified atom stereocenters. The molecule has 3 N–H and O–H groups in total. The number of methoxy groups -OCH3 is 3. The van der Waals surface area contributed by atoms with Gasteiger partial charge in [0.05, 0.1) is 27.8 Å². The molecule has 1 aromatic heterocycles. The van der Waals surface area contributed by atoms with Gasteiger partial charge >= 0.3 is 5.97 Å². The van der Waals surface area contributed by atoms with Crippen LogP contribution in [0.3, 0.4) is 0 Å². The maximum absolute atomic E-state index is 13.1. The van der Waals surface area contributed by atoms with Gasteiger partial charge in [-0.05, 0) is 24.3 Å². The first-order valence-corrected chi connectivity index (χ1v) is 11.1. The van der Waals surface area contributed by atoms with E-state index in [1.165, 1.54) is 51.7 Å². The molecule has 5 rings (SSSR count). The van der Waals surface area contributed by atoms with Gasteiger partial charge in [0.2, 0.25) is 5.75 Å². The smallest absolute Gasteiger partial charge is 0.312 e. The molecule has 0 spiro atoms. The van der Waals surface area contributed by atoms with Crippen LogP contribution in [0.15, 0.2) is 51.7 Å². The Morgan fingerprint density at radius 3 is 2.27 bits per heavy atom. The first-order valence-electron chi connectivity index (χ1n) is 11.1. The summed E-state index contributed by atoms with van der Waals surface area (Å²) < 4.78 is 28.1. The van der Waals surface area contributed by atoms with Crippen LogP contribution in [0.25, 0.3) is 22.3 Å². The fraction of sp³-hybridized carbons (Fsp3) is 0.185. The number of ether oxygens (including phenoxy) is 4. The number of hydrogen-bond donors (Lipinski definition) is 3. The van der Waals surface area contributed by atoms with Gasteiger partial charge < -0.3 is 38.7 Å². The highest BCUT2D eigenvalue weighted by molar-refractivity contribution is 5.93. The zero-order valence-electron chi connectivity index (χ0n) is 20.0. The van der Waals surface area contributed by atoms with E-state index < -0.39 is 28.8 Å². The second-order valence-electron chi connectivity index (χ2n) is 8.34. The number of carbonyl (C=O) groups excluding carboxylic acids is 1. The number of carbonyl (C=O) groups is 1. The molecule has 10 nitrogen and oxygen atoms in total. The van der Waals surface area contributed by atoms with Crippen molar-refractivity contribution in [2.75, 3.05) is 21.3 Å². The quantitative estimate of drug-likeness (QED) is 0.206. The van der Waals surface area contributed by atoms with E-state index in [0.717, 1.165) is 0 Å². The number of phenolic OH excluding ortho intramolecular Hbond substituents is 3. The lowest BCUT2D eigenvalue weighted by molar-refractivity contribution is -0.135. The Kier molecular flexibility index (Phi) is 5.79. The fourth-order valence-electron chi connectivity index (χ4n) is 4.64. The highest BCUT2D eigenvalue weighted by atomic mass is 16.5. The van der Waals surface area contributed by atoms with Crippen LogP contribution in [0.1, 0.15) is 23.5 Å². The minimum absolute atomic E-state index is 0.000553. The summed E-state index contributed by atoms with van der Waals surface area (Å²) in [6.07, 6.45) is -0.118. The Labute approximate surface area is 209 Å². The van der Waals surface area contributed by atoms with E-state index in [1.54, 1.807) is 12.1 Å². The molecule has 0 bridgehead atoms. The summed E-state index contributed by atoms with van der Waals surface area (Å²) in [5.74, 6) is -1.30. The lowest BCUT2D eigenvalue weighted by atomic mass is 9.84. The summed E-state index contributed by atoms with van der Waals surface area (Å²) in [4.78, 5) is 25.8. The molecule has 0 saturated carbocycles. The fourth-order valence-corrected chi connectivity index (χ4v) is 4.64. The van der Waals surface area contributed by atoms with Crippen LogP contribution < -0.4 is 24.4 Å². The molecule has 0 aliphatic carbocycles. The zero-order chi connectivity index (χ0) is 26.4. The third-order valence-corrected chi connectivity index (χ3v) is 6.29. The number of hydrogen-bond acceptors (Lipinski definition) is 10. The van der Waals surface area contributed by atoms with Crippen molar-refractivity contribution < 1.29 is 43.5 Å². The molecule has 1 atom stereocenters. The Morgan fingerprint density at radius 2 is 1.59 bits per heavy atom. The normalized spacial score (nSPS) is 14.7. The zero-order valence-corrected chi connectivity index (χ0v) is 20.0. The third kappa shape index (κ3) is 3.83. The average molecular weight is 506 g/mol. The summed E-state index contributed by atoms with van der Waals surface area (Å²) >= 11 is 0. The molecule has 0 fully saturated rings.